The maximum absolute atomic E-state index is 6.38. The van der Waals surface area contributed by atoms with Crippen LogP contribution >= 0.6 is 22.7 Å². The summed E-state index contributed by atoms with van der Waals surface area (Å²) in [4.78, 5) is 6.93. The van der Waals surface area contributed by atoms with Gasteiger partial charge in [-0.3, -0.25) is 0 Å². The van der Waals surface area contributed by atoms with Crippen molar-refractivity contribution in [1.82, 2.24) is 0 Å². The predicted molar refractivity (Wildman–Crippen MR) is 260 cm³/mol. The molecule has 0 spiro atoms. The molecule has 0 amide bonds. The Morgan fingerprint density at radius 3 is 1.64 bits per heavy atom. The van der Waals surface area contributed by atoms with Crippen LogP contribution in [0.3, 0.4) is 0 Å². The highest BCUT2D eigenvalue weighted by molar-refractivity contribution is 7.19. The fourth-order valence-corrected chi connectivity index (χ4v) is 10.3. The number of anilines is 3. The monoisotopic (exact) mass is 819 g/mol. The van der Waals surface area contributed by atoms with Crippen molar-refractivity contribution < 1.29 is 8.83 Å². The zero-order valence-electron chi connectivity index (χ0n) is 33.0. The van der Waals surface area contributed by atoms with E-state index >= 15 is 0 Å². The van der Waals surface area contributed by atoms with Crippen molar-refractivity contribution in [3.05, 3.63) is 223 Å². The highest BCUT2D eigenvalue weighted by Gasteiger charge is 2.19. The third-order valence-corrected chi connectivity index (χ3v) is 13.7. The lowest BCUT2D eigenvalue weighted by atomic mass is 10.0. The molecule has 290 valence electrons. The second-order valence-electron chi connectivity index (χ2n) is 15.0. The number of nitrogens with zero attached hydrogens (tertiary/aromatic N) is 1. The van der Waals surface area contributed by atoms with Crippen LogP contribution in [-0.4, -0.2) is 0 Å². The highest BCUT2D eigenvalue weighted by atomic mass is 32.1. The van der Waals surface area contributed by atoms with Crippen LogP contribution in [0.1, 0.15) is 16.2 Å². The molecule has 3 nitrogen and oxygen atoms in total. The summed E-state index contributed by atoms with van der Waals surface area (Å²) in [6.45, 7) is 8.52. The predicted octanol–water partition coefficient (Wildman–Crippen LogP) is 17.3. The van der Waals surface area contributed by atoms with Gasteiger partial charge in [-0.1, -0.05) is 134 Å². The zero-order valence-corrected chi connectivity index (χ0v) is 34.7. The van der Waals surface area contributed by atoms with Gasteiger partial charge >= 0.3 is 0 Å². The first kappa shape index (κ1) is 36.6. The van der Waals surface area contributed by atoms with Gasteiger partial charge in [0, 0.05) is 69.4 Å². The van der Waals surface area contributed by atoms with Crippen LogP contribution in [0.25, 0.3) is 87.0 Å². The molecule has 0 N–H and O–H groups in total. The van der Waals surface area contributed by atoms with Crippen molar-refractivity contribution in [3.8, 4) is 42.4 Å². The lowest BCUT2D eigenvalue weighted by molar-refractivity contribution is 0.600. The van der Waals surface area contributed by atoms with Crippen molar-refractivity contribution in [2.75, 3.05) is 4.90 Å². The van der Waals surface area contributed by atoms with Crippen molar-refractivity contribution in [3.63, 3.8) is 0 Å². The second-order valence-corrected chi connectivity index (χ2v) is 17.1. The molecular weight excluding hydrogens is 783 g/mol. The number of furan rings is 2. The van der Waals surface area contributed by atoms with Gasteiger partial charge in [0.15, 0.2) is 0 Å². The number of fused-ring (bicyclic) bond motifs is 4. The summed E-state index contributed by atoms with van der Waals surface area (Å²) < 4.78 is 12.7. The fraction of sp³-hybridized carbons (Fsp3) is 0. The summed E-state index contributed by atoms with van der Waals surface area (Å²) in [6, 6.07) is 68.6. The second kappa shape index (κ2) is 15.3. The Hall–Kier alpha value is -7.44. The van der Waals surface area contributed by atoms with Gasteiger partial charge in [0.25, 0.3) is 0 Å². The van der Waals surface area contributed by atoms with Gasteiger partial charge < -0.3 is 13.7 Å². The Morgan fingerprint density at radius 1 is 0.443 bits per heavy atom. The van der Waals surface area contributed by atoms with E-state index in [-0.39, 0.29) is 0 Å². The molecule has 61 heavy (non-hydrogen) atoms. The van der Waals surface area contributed by atoms with Crippen LogP contribution in [0, 0.1) is 0 Å². The quantitative estimate of drug-likeness (QED) is 0.138. The summed E-state index contributed by atoms with van der Waals surface area (Å²) in [5, 5.41) is 3.33. The normalized spacial score (nSPS) is 11.4. The summed E-state index contributed by atoms with van der Waals surface area (Å²) in [5.74, 6) is 0.764. The first-order valence-electron chi connectivity index (χ1n) is 20.2. The highest BCUT2D eigenvalue weighted by Crippen LogP contribution is 2.44. The molecule has 0 aliphatic rings. The van der Waals surface area contributed by atoms with E-state index < -0.39 is 0 Å². The van der Waals surface area contributed by atoms with Crippen molar-refractivity contribution >= 4 is 84.3 Å². The van der Waals surface area contributed by atoms with Crippen LogP contribution in [0.5, 0.6) is 0 Å². The van der Waals surface area contributed by atoms with E-state index in [1.165, 1.54) is 26.4 Å². The van der Waals surface area contributed by atoms with Gasteiger partial charge in [-0.15, -0.1) is 22.7 Å². The number of hydrogen-bond acceptors (Lipinski definition) is 5. The molecule has 0 fully saturated rings. The van der Waals surface area contributed by atoms with E-state index in [0.29, 0.717) is 0 Å². The average Bonchev–Trinajstić information content (AvgIpc) is 4.15. The molecule has 0 atom stereocenters. The summed E-state index contributed by atoms with van der Waals surface area (Å²) in [5.41, 5.74) is 13.5. The van der Waals surface area contributed by atoms with Gasteiger partial charge in [0.1, 0.15) is 22.5 Å². The standard InChI is InChI=1S/C56H37NO2S2/c1-3-44-45-14-7-9-18-49(45)58-55(44)36(2)51-32-33-52(60-51)39-22-28-42(29-23-39)57(41-26-20-38(21-27-41)37-12-5-4-6-13-37)43-30-24-40(25-31-43)53-34-35-54(61-53)48-17-11-16-47-46-15-8-10-19-50(46)59-56(47)48/h3-35H,1-2H2. The van der Waals surface area contributed by atoms with Crippen LogP contribution in [0.4, 0.5) is 17.1 Å². The number of rotatable bonds is 10. The molecule has 0 saturated carbocycles. The number of hydrogen-bond donors (Lipinski definition) is 0. The minimum Gasteiger partial charge on any atom is -0.455 e. The van der Waals surface area contributed by atoms with Crippen LogP contribution in [0.15, 0.2) is 216 Å². The molecule has 0 unspecified atom stereocenters. The molecule has 11 aromatic rings. The molecule has 5 heteroatoms. The maximum atomic E-state index is 6.38. The number of benzene rings is 7. The van der Waals surface area contributed by atoms with Crippen LogP contribution < -0.4 is 4.90 Å². The third kappa shape index (κ3) is 6.61. The molecule has 0 aliphatic heterocycles. The smallest absolute Gasteiger partial charge is 0.144 e. The molecule has 0 aliphatic carbocycles. The van der Waals surface area contributed by atoms with E-state index in [1.54, 1.807) is 22.7 Å². The molecule has 0 saturated heterocycles. The van der Waals surface area contributed by atoms with Crippen LogP contribution in [-0.2, 0) is 0 Å². The Labute approximate surface area is 362 Å². The van der Waals surface area contributed by atoms with Crippen LogP contribution in [0.2, 0.25) is 0 Å². The number of para-hydroxylation sites is 3. The lowest BCUT2D eigenvalue weighted by Gasteiger charge is -2.26. The van der Waals surface area contributed by atoms with E-state index in [9.17, 15) is 0 Å². The van der Waals surface area contributed by atoms with E-state index in [0.717, 1.165) is 87.7 Å². The van der Waals surface area contributed by atoms with E-state index in [2.05, 4.69) is 182 Å². The first-order chi connectivity index (χ1) is 30.1. The molecule has 4 aromatic heterocycles. The minimum atomic E-state index is 0.764. The first-order valence-corrected chi connectivity index (χ1v) is 21.8. The van der Waals surface area contributed by atoms with Gasteiger partial charge in [-0.25, -0.2) is 0 Å². The fourth-order valence-electron chi connectivity index (χ4n) is 8.27. The molecule has 0 bridgehead atoms. The molecule has 11 rings (SSSR count). The number of thiophene rings is 2. The SMILES string of the molecule is C=Cc1c(C(=C)c2ccc(-c3ccc(N(c4ccc(-c5ccccc5)cc4)c4ccc(-c5ccc(-c6cccc7c6oc6ccccc67)s5)cc4)cc3)s2)oc2ccccc12. The maximum Gasteiger partial charge on any atom is 0.144 e. The largest absolute Gasteiger partial charge is 0.455 e. The average molecular weight is 820 g/mol. The molecule has 0 radical (unpaired) electrons. The Morgan fingerprint density at radius 2 is 0.967 bits per heavy atom. The Balaban J connectivity index is 0.905. The minimum absolute atomic E-state index is 0.764. The zero-order chi connectivity index (χ0) is 40.9. The van der Waals surface area contributed by atoms with Crippen molar-refractivity contribution in [2.45, 2.75) is 0 Å². The topological polar surface area (TPSA) is 29.5 Å². The Bertz CT molecular complexity index is 3380. The van der Waals surface area contributed by atoms with Gasteiger partial charge in [0.2, 0.25) is 0 Å². The Kier molecular flexibility index (Phi) is 9.19. The molecular formula is C56H37NO2S2. The van der Waals surface area contributed by atoms with Crippen molar-refractivity contribution in [2.24, 2.45) is 0 Å². The summed E-state index contributed by atoms with van der Waals surface area (Å²) in [6.07, 6.45) is 1.86. The molecule has 7 aromatic carbocycles. The van der Waals surface area contributed by atoms with E-state index in [1.807, 2.05) is 36.4 Å². The third-order valence-electron chi connectivity index (χ3n) is 11.3. The van der Waals surface area contributed by atoms with Gasteiger partial charge in [-0.2, -0.15) is 0 Å². The van der Waals surface area contributed by atoms with E-state index in [4.69, 9.17) is 8.83 Å². The molecule has 4 heterocycles. The summed E-state index contributed by atoms with van der Waals surface area (Å²) >= 11 is 3.50. The lowest BCUT2D eigenvalue weighted by Crippen LogP contribution is -2.09. The summed E-state index contributed by atoms with van der Waals surface area (Å²) in [7, 11) is 0. The van der Waals surface area contributed by atoms with Gasteiger partial charge in [0.05, 0.1) is 0 Å². The van der Waals surface area contributed by atoms with Gasteiger partial charge in [-0.05, 0) is 101 Å². The van der Waals surface area contributed by atoms with Crippen molar-refractivity contribution in [1.29, 1.82) is 0 Å².